The Morgan fingerprint density at radius 1 is 1.43 bits per heavy atom. The fourth-order valence-corrected chi connectivity index (χ4v) is 2.36. The predicted molar refractivity (Wildman–Crippen MR) is 78.8 cm³/mol. The van der Waals surface area contributed by atoms with E-state index in [4.69, 9.17) is 0 Å². The molecule has 2 rings (SSSR count). The molecule has 1 atom stereocenters. The van der Waals surface area contributed by atoms with Gasteiger partial charge in [-0.1, -0.05) is 0 Å². The molecule has 0 unspecified atom stereocenters. The van der Waals surface area contributed by atoms with Crippen LogP contribution in [0.3, 0.4) is 0 Å². The van der Waals surface area contributed by atoms with E-state index >= 15 is 0 Å². The molecule has 1 fully saturated rings. The quantitative estimate of drug-likeness (QED) is 0.749. The number of carbonyl (C=O) groups is 2. The van der Waals surface area contributed by atoms with Gasteiger partial charge in [-0.15, -0.1) is 0 Å². The van der Waals surface area contributed by atoms with Gasteiger partial charge in [0.15, 0.2) is 0 Å². The molecule has 1 aliphatic rings. The summed E-state index contributed by atoms with van der Waals surface area (Å²) in [6.45, 7) is 9.16. The molecule has 1 saturated heterocycles. The fraction of sp³-hybridized carbons (Fsp3) is 0.643. The van der Waals surface area contributed by atoms with Gasteiger partial charge in [-0.05, 0) is 33.3 Å². The van der Waals surface area contributed by atoms with Crippen LogP contribution < -0.4 is 10.6 Å². The maximum absolute atomic E-state index is 12.0. The summed E-state index contributed by atoms with van der Waals surface area (Å²) in [5.41, 5.74) is 0.332. The Hall–Kier alpha value is -1.89. The van der Waals surface area contributed by atoms with Crippen LogP contribution in [0, 0.1) is 6.92 Å². The van der Waals surface area contributed by atoms with Crippen molar-refractivity contribution in [1.82, 2.24) is 25.3 Å². The van der Waals surface area contributed by atoms with Gasteiger partial charge in [-0.2, -0.15) is 5.10 Å². The average molecular weight is 293 g/mol. The van der Waals surface area contributed by atoms with Crippen molar-refractivity contribution in [2.45, 2.75) is 45.8 Å². The van der Waals surface area contributed by atoms with Crippen molar-refractivity contribution in [3.05, 3.63) is 18.0 Å². The molecular weight excluding hydrogens is 270 g/mol. The molecule has 116 valence electrons. The lowest BCUT2D eigenvalue weighted by atomic mass is 10.1. The minimum Gasteiger partial charge on any atom is -0.324 e. The van der Waals surface area contributed by atoms with Crippen LogP contribution in [0.5, 0.6) is 0 Å². The Morgan fingerprint density at radius 2 is 2.14 bits per heavy atom. The molecule has 0 spiro atoms. The monoisotopic (exact) mass is 293 g/mol. The number of hydrogen-bond acceptors (Lipinski definition) is 4. The zero-order valence-electron chi connectivity index (χ0n) is 13.0. The summed E-state index contributed by atoms with van der Waals surface area (Å²) < 4.78 is 1.88. The van der Waals surface area contributed by atoms with Crippen LogP contribution in [0.2, 0.25) is 0 Å². The van der Waals surface area contributed by atoms with Crippen LogP contribution in [0.1, 0.15) is 26.3 Å². The molecule has 7 heteroatoms. The van der Waals surface area contributed by atoms with Crippen molar-refractivity contribution in [3.63, 3.8) is 0 Å². The second kappa shape index (κ2) is 5.85. The van der Waals surface area contributed by atoms with E-state index in [1.807, 2.05) is 30.9 Å². The van der Waals surface area contributed by atoms with Gasteiger partial charge in [0.1, 0.15) is 5.54 Å². The van der Waals surface area contributed by atoms with Gasteiger partial charge in [-0.3, -0.25) is 14.4 Å². The number of carbonyl (C=O) groups excluding carboxylic acids is 2. The van der Waals surface area contributed by atoms with Crippen molar-refractivity contribution in [2.24, 2.45) is 0 Å². The Bertz CT molecular complexity index is 537. The average Bonchev–Trinajstić information content (AvgIpc) is 2.85. The summed E-state index contributed by atoms with van der Waals surface area (Å²) >= 11 is 0. The lowest BCUT2D eigenvalue weighted by molar-refractivity contribution is -0.130. The Labute approximate surface area is 124 Å². The third kappa shape index (κ3) is 3.60. The first-order valence-electron chi connectivity index (χ1n) is 7.16. The molecule has 7 nitrogen and oxygen atoms in total. The second-order valence-electron chi connectivity index (χ2n) is 6.11. The molecule has 0 radical (unpaired) electrons. The van der Waals surface area contributed by atoms with Gasteiger partial charge in [0.2, 0.25) is 0 Å². The highest BCUT2D eigenvalue weighted by atomic mass is 16.2. The van der Waals surface area contributed by atoms with E-state index in [2.05, 4.69) is 15.7 Å². The third-order valence-corrected chi connectivity index (χ3v) is 3.50. The van der Waals surface area contributed by atoms with Crippen molar-refractivity contribution in [1.29, 1.82) is 0 Å². The van der Waals surface area contributed by atoms with E-state index in [1.165, 1.54) is 4.90 Å². The van der Waals surface area contributed by atoms with Gasteiger partial charge in [-0.25, -0.2) is 4.79 Å². The maximum Gasteiger partial charge on any atom is 0.325 e. The molecule has 0 bridgehead atoms. The predicted octanol–water partition coefficient (Wildman–Crippen LogP) is 0.500. The topological polar surface area (TPSA) is 79.3 Å². The number of rotatable bonds is 6. The maximum atomic E-state index is 12.0. The number of aryl methyl sites for hydroxylation is 1. The van der Waals surface area contributed by atoms with E-state index in [-0.39, 0.29) is 18.0 Å². The number of nitrogens with one attached hydrogen (secondary N) is 2. The van der Waals surface area contributed by atoms with Gasteiger partial charge in [0.05, 0.1) is 12.7 Å². The van der Waals surface area contributed by atoms with Crippen molar-refractivity contribution in [2.75, 3.05) is 13.1 Å². The van der Waals surface area contributed by atoms with Crippen molar-refractivity contribution < 1.29 is 9.59 Å². The van der Waals surface area contributed by atoms with Gasteiger partial charge < -0.3 is 10.6 Å². The summed E-state index contributed by atoms with van der Waals surface area (Å²) in [4.78, 5) is 25.0. The van der Waals surface area contributed by atoms with E-state index in [0.717, 1.165) is 12.1 Å². The summed E-state index contributed by atoms with van der Waals surface area (Å²) in [5, 5.41) is 10.2. The summed E-state index contributed by atoms with van der Waals surface area (Å²) in [7, 11) is 0. The SMILES string of the molecule is Cc1cnn(C[C@H](C)NCCN2C(=O)NC(C)(C)C2=O)c1. The minimum absolute atomic E-state index is 0.176. The fourth-order valence-electron chi connectivity index (χ4n) is 2.36. The molecule has 21 heavy (non-hydrogen) atoms. The molecule has 2 heterocycles. The standard InChI is InChI=1S/C14H23N5O2/c1-10-7-16-18(8-10)9-11(2)15-5-6-19-12(20)14(3,4)17-13(19)21/h7-8,11,15H,5-6,9H2,1-4H3,(H,17,21)/t11-/m0/s1. The summed E-state index contributed by atoms with van der Waals surface area (Å²) in [6.07, 6.45) is 3.81. The number of aromatic nitrogens is 2. The summed E-state index contributed by atoms with van der Waals surface area (Å²) in [6, 6.07) is -0.111. The van der Waals surface area contributed by atoms with Crippen molar-refractivity contribution in [3.8, 4) is 0 Å². The van der Waals surface area contributed by atoms with Crippen LogP contribution in [0.4, 0.5) is 4.79 Å². The molecule has 0 aromatic carbocycles. The lowest BCUT2D eigenvalue weighted by Crippen LogP contribution is -2.42. The lowest BCUT2D eigenvalue weighted by Gasteiger charge is -2.18. The zero-order chi connectivity index (χ0) is 15.6. The first kappa shape index (κ1) is 15.5. The van der Waals surface area contributed by atoms with Gasteiger partial charge in [0, 0.05) is 25.3 Å². The highest BCUT2D eigenvalue weighted by Crippen LogP contribution is 2.15. The molecule has 1 aromatic heterocycles. The minimum atomic E-state index is -0.796. The highest BCUT2D eigenvalue weighted by molar-refractivity contribution is 6.06. The van der Waals surface area contributed by atoms with Gasteiger partial charge in [0.25, 0.3) is 5.91 Å². The molecule has 0 aliphatic carbocycles. The zero-order valence-corrected chi connectivity index (χ0v) is 13.0. The molecule has 0 saturated carbocycles. The van der Waals surface area contributed by atoms with E-state index in [9.17, 15) is 9.59 Å². The van der Waals surface area contributed by atoms with Crippen LogP contribution in [0.25, 0.3) is 0 Å². The number of hydrogen-bond donors (Lipinski definition) is 2. The Morgan fingerprint density at radius 3 is 2.67 bits per heavy atom. The van der Waals surface area contributed by atoms with Crippen LogP contribution in [0.15, 0.2) is 12.4 Å². The largest absolute Gasteiger partial charge is 0.325 e. The molecule has 2 N–H and O–H groups in total. The highest BCUT2D eigenvalue weighted by Gasteiger charge is 2.43. The van der Waals surface area contributed by atoms with Crippen LogP contribution >= 0.6 is 0 Å². The van der Waals surface area contributed by atoms with Crippen LogP contribution in [-0.2, 0) is 11.3 Å². The Balaban J connectivity index is 1.76. The van der Waals surface area contributed by atoms with Crippen LogP contribution in [-0.4, -0.2) is 51.3 Å². The Kier molecular flexibility index (Phi) is 4.32. The first-order valence-corrected chi connectivity index (χ1v) is 7.16. The number of urea groups is 1. The second-order valence-corrected chi connectivity index (χ2v) is 6.11. The van der Waals surface area contributed by atoms with E-state index in [1.54, 1.807) is 13.8 Å². The van der Waals surface area contributed by atoms with Crippen molar-refractivity contribution >= 4 is 11.9 Å². The summed E-state index contributed by atoms with van der Waals surface area (Å²) in [5.74, 6) is -0.176. The smallest absolute Gasteiger partial charge is 0.324 e. The van der Waals surface area contributed by atoms with E-state index < -0.39 is 5.54 Å². The third-order valence-electron chi connectivity index (χ3n) is 3.50. The first-order chi connectivity index (χ1) is 9.79. The molecule has 3 amide bonds. The van der Waals surface area contributed by atoms with E-state index in [0.29, 0.717) is 13.1 Å². The molecule has 1 aromatic rings. The number of imide groups is 1. The van der Waals surface area contributed by atoms with Gasteiger partial charge >= 0.3 is 6.03 Å². The molecular formula is C14H23N5O2. The number of nitrogens with zero attached hydrogens (tertiary/aromatic N) is 3. The number of amides is 3. The normalized spacial score (nSPS) is 19.0. The molecule has 1 aliphatic heterocycles.